The van der Waals surface area contributed by atoms with E-state index in [0.29, 0.717) is 0 Å². The molecule has 0 heterocycles. The summed E-state index contributed by atoms with van der Waals surface area (Å²) in [5.74, 6) is 0. The Morgan fingerprint density at radius 3 is 1.57 bits per heavy atom. The first-order chi connectivity index (χ1) is 6.74. The molecule has 4 nitrogen and oxygen atoms in total. The van der Waals surface area contributed by atoms with Gasteiger partial charge in [0.25, 0.3) is 0 Å². The van der Waals surface area contributed by atoms with Gasteiger partial charge in [-0.05, 0) is 26.1 Å². The lowest BCUT2D eigenvalue weighted by Gasteiger charge is -2.31. The van der Waals surface area contributed by atoms with Crippen molar-refractivity contribution in [3.05, 3.63) is 0 Å². The Labute approximate surface area is 89.2 Å². The van der Waals surface area contributed by atoms with Gasteiger partial charge in [-0.25, -0.2) is 0 Å². The van der Waals surface area contributed by atoms with Gasteiger partial charge in [0.05, 0.1) is 0 Å². The van der Waals surface area contributed by atoms with Crippen LogP contribution in [0, 0.1) is 0 Å². The molecule has 0 radical (unpaired) electrons. The van der Waals surface area contributed by atoms with Crippen LogP contribution < -0.4 is 14.9 Å². The Hall–Kier alpha value is 0.0569. The van der Waals surface area contributed by atoms with E-state index in [1.807, 2.05) is 0 Å². The number of rotatable bonds is 9. The molecule has 0 amide bonds. The van der Waals surface area contributed by atoms with Crippen LogP contribution in [0.15, 0.2) is 0 Å². The SMILES string of the molecule is CCCO[Si](NCC)(NCC)NCC. The predicted molar refractivity (Wildman–Crippen MR) is 63.0 cm³/mol. The largest absolute Gasteiger partial charge is 0.440 e. The van der Waals surface area contributed by atoms with Crippen LogP contribution in [0.2, 0.25) is 0 Å². The normalized spacial score (nSPS) is 12.0. The number of nitrogens with one attached hydrogen (secondary N) is 3. The van der Waals surface area contributed by atoms with Crippen LogP contribution in [-0.4, -0.2) is 35.0 Å². The molecule has 0 saturated carbocycles. The summed E-state index contributed by atoms with van der Waals surface area (Å²) in [7, 11) is -2.07. The summed E-state index contributed by atoms with van der Waals surface area (Å²) in [5.41, 5.74) is 0. The zero-order valence-electron chi connectivity index (χ0n) is 9.94. The van der Waals surface area contributed by atoms with E-state index in [-0.39, 0.29) is 0 Å². The van der Waals surface area contributed by atoms with E-state index in [4.69, 9.17) is 4.43 Å². The zero-order chi connectivity index (χ0) is 10.9. The predicted octanol–water partition coefficient (Wildman–Crippen LogP) is 0.677. The van der Waals surface area contributed by atoms with Crippen molar-refractivity contribution < 1.29 is 4.43 Å². The molecule has 0 saturated heterocycles. The third-order valence-corrected chi connectivity index (χ3v) is 4.99. The third-order valence-electron chi connectivity index (χ3n) is 1.80. The van der Waals surface area contributed by atoms with Crippen molar-refractivity contribution in [1.29, 1.82) is 0 Å². The van der Waals surface area contributed by atoms with E-state index in [9.17, 15) is 0 Å². The highest BCUT2D eigenvalue weighted by molar-refractivity contribution is 6.66. The van der Waals surface area contributed by atoms with Crippen LogP contribution in [0.4, 0.5) is 0 Å². The number of hydrogen-bond acceptors (Lipinski definition) is 4. The van der Waals surface area contributed by atoms with Gasteiger partial charge in [-0.1, -0.05) is 27.7 Å². The zero-order valence-corrected chi connectivity index (χ0v) is 10.9. The summed E-state index contributed by atoms with van der Waals surface area (Å²) in [5, 5.41) is 0. The minimum atomic E-state index is -2.07. The maximum atomic E-state index is 5.91. The van der Waals surface area contributed by atoms with Gasteiger partial charge in [0.15, 0.2) is 0 Å². The van der Waals surface area contributed by atoms with Crippen LogP contribution >= 0.6 is 0 Å². The second-order valence-corrected chi connectivity index (χ2v) is 5.83. The Balaban J connectivity index is 4.21. The molecule has 0 bridgehead atoms. The van der Waals surface area contributed by atoms with E-state index in [0.717, 1.165) is 32.7 Å². The van der Waals surface area contributed by atoms with Gasteiger partial charge < -0.3 is 4.43 Å². The summed E-state index contributed by atoms with van der Waals surface area (Å²) in [6, 6.07) is 0. The van der Waals surface area contributed by atoms with Crippen LogP contribution in [0.1, 0.15) is 34.1 Å². The number of hydrogen-bond donors (Lipinski definition) is 3. The lowest BCUT2D eigenvalue weighted by Crippen LogP contribution is -2.74. The summed E-state index contributed by atoms with van der Waals surface area (Å²) >= 11 is 0. The average Bonchev–Trinajstić information content (AvgIpc) is 2.16. The van der Waals surface area contributed by atoms with Crippen molar-refractivity contribution in [3.63, 3.8) is 0 Å². The Bertz CT molecular complexity index is 118. The van der Waals surface area contributed by atoms with Gasteiger partial charge in [0, 0.05) is 6.61 Å². The molecule has 5 heteroatoms. The summed E-state index contributed by atoms with van der Waals surface area (Å²) in [4.78, 5) is 10.3. The van der Waals surface area contributed by atoms with Gasteiger partial charge in [-0.3, -0.25) is 14.9 Å². The van der Waals surface area contributed by atoms with Crippen LogP contribution in [0.25, 0.3) is 0 Å². The lowest BCUT2D eigenvalue weighted by molar-refractivity contribution is 0.269. The molecular weight excluding hydrogens is 194 g/mol. The van der Waals surface area contributed by atoms with Crippen LogP contribution in [0.3, 0.4) is 0 Å². The fraction of sp³-hybridized carbons (Fsp3) is 1.00. The molecule has 0 rings (SSSR count). The van der Waals surface area contributed by atoms with Crippen molar-refractivity contribution in [2.75, 3.05) is 26.2 Å². The van der Waals surface area contributed by atoms with E-state index in [1.54, 1.807) is 0 Å². The first-order valence-electron chi connectivity index (χ1n) is 5.63. The van der Waals surface area contributed by atoms with Crippen molar-refractivity contribution in [2.24, 2.45) is 0 Å². The monoisotopic (exact) mass is 219 g/mol. The van der Waals surface area contributed by atoms with Crippen molar-refractivity contribution in [3.8, 4) is 0 Å². The minimum Gasteiger partial charge on any atom is -0.380 e. The summed E-state index contributed by atoms with van der Waals surface area (Å²) in [6.45, 7) is 12.0. The molecule has 0 aliphatic carbocycles. The molecular formula is C9H25N3OSi. The second-order valence-electron chi connectivity index (χ2n) is 3.12. The molecule has 3 N–H and O–H groups in total. The van der Waals surface area contributed by atoms with E-state index < -0.39 is 8.80 Å². The third kappa shape index (κ3) is 5.07. The molecule has 0 aromatic rings. The molecule has 0 aromatic carbocycles. The molecule has 0 aromatic heterocycles. The molecule has 0 unspecified atom stereocenters. The highest BCUT2D eigenvalue weighted by Gasteiger charge is 2.34. The van der Waals surface area contributed by atoms with E-state index in [2.05, 4.69) is 42.6 Å². The van der Waals surface area contributed by atoms with Crippen LogP contribution in [0.5, 0.6) is 0 Å². The summed E-state index contributed by atoms with van der Waals surface area (Å²) in [6.07, 6.45) is 1.05. The molecule has 0 atom stereocenters. The Kier molecular flexibility index (Phi) is 8.41. The smallest absolute Gasteiger partial charge is 0.380 e. The first-order valence-corrected chi connectivity index (χ1v) is 7.54. The maximum absolute atomic E-state index is 5.91. The van der Waals surface area contributed by atoms with Crippen molar-refractivity contribution >= 4 is 8.80 Å². The molecule has 0 fully saturated rings. The highest BCUT2D eigenvalue weighted by Crippen LogP contribution is 1.94. The highest BCUT2D eigenvalue weighted by atomic mass is 28.4. The van der Waals surface area contributed by atoms with E-state index in [1.165, 1.54) is 0 Å². The van der Waals surface area contributed by atoms with Crippen LogP contribution in [-0.2, 0) is 4.43 Å². The molecule has 14 heavy (non-hydrogen) atoms. The van der Waals surface area contributed by atoms with Gasteiger partial charge in [-0.15, -0.1) is 0 Å². The van der Waals surface area contributed by atoms with Gasteiger partial charge >= 0.3 is 8.80 Å². The van der Waals surface area contributed by atoms with Gasteiger partial charge in [0.2, 0.25) is 0 Å². The Morgan fingerprint density at radius 1 is 0.857 bits per heavy atom. The van der Waals surface area contributed by atoms with E-state index >= 15 is 0 Å². The molecule has 86 valence electrons. The van der Waals surface area contributed by atoms with Crippen molar-refractivity contribution in [2.45, 2.75) is 34.1 Å². The standard InChI is InChI=1S/C9H25N3OSi/c1-5-9-13-14(10-6-2,11-7-3)12-8-4/h10-12H,5-9H2,1-4H3. The average molecular weight is 219 g/mol. The van der Waals surface area contributed by atoms with Gasteiger partial charge in [0.1, 0.15) is 0 Å². The quantitative estimate of drug-likeness (QED) is 0.499. The fourth-order valence-electron chi connectivity index (χ4n) is 1.34. The summed E-state index contributed by atoms with van der Waals surface area (Å²) < 4.78 is 5.91. The molecule has 0 aliphatic heterocycles. The minimum absolute atomic E-state index is 0.805. The maximum Gasteiger partial charge on any atom is 0.440 e. The Morgan fingerprint density at radius 2 is 1.29 bits per heavy atom. The molecule has 0 aliphatic rings. The lowest BCUT2D eigenvalue weighted by atomic mass is 10.5. The topological polar surface area (TPSA) is 45.3 Å². The molecule has 0 spiro atoms. The van der Waals surface area contributed by atoms with Gasteiger partial charge in [-0.2, -0.15) is 0 Å². The fourth-order valence-corrected chi connectivity index (χ4v) is 4.03. The first kappa shape index (κ1) is 14.1. The van der Waals surface area contributed by atoms with Crippen molar-refractivity contribution in [1.82, 2.24) is 14.9 Å². The second kappa shape index (κ2) is 8.37.